The maximum Gasteiger partial charge on any atom is 0.243 e. The molecule has 1 aromatic rings. The van der Waals surface area contributed by atoms with Crippen molar-refractivity contribution in [3.05, 3.63) is 22.2 Å². The number of rotatable bonds is 4. The van der Waals surface area contributed by atoms with Crippen molar-refractivity contribution >= 4 is 38.9 Å². The van der Waals surface area contributed by atoms with Crippen molar-refractivity contribution in [1.29, 1.82) is 0 Å². The average molecular weight is 353 g/mol. The van der Waals surface area contributed by atoms with Crippen LogP contribution in [0.3, 0.4) is 0 Å². The van der Waals surface area contributed by atoms with Crippen LogP contribution in [0.5, 0.6) is 0 Å². The molecule has 0 saturated carbocycles. The van der Waals surface area contributed by atoms with Gasteiger partial charge in [0.2, 0.25) is 10.0 Å². The molecule has 1 heterocycles. The molecule has 0 aromatic heterocycles. The number of hydrogen-bond donors (Lipinski definition) is 2. The molecule has 8 heteroatoms. The van der Waals surface area contributed by atoms with E-state index < -0.39 is 10.0 Å². The first-order valence-electron chi connectivity index (χ1n) is 6.55. The predicted molar refractivity (Wildman–Crippen MR) is 84.2 cm³/mol. The number of hydrogen-bond acceptors (Lipinski definition) is 4. The highest BCUT2D eigenvalue weighted by Crippen LogP contribution is 2.33. The Morgan fingerprint density at radius 1 is 1.29 bits per heavy atom. The van der Waals surface area contributed by atoms with Crippen LogP contribution < -0.4 is 10.5 Å². The largest absolute Gasteiger partial charge is 0.399 e. The molecule has 2 rings (SSSR count). The lowest BCUT2D eigenvalue weighted by Crippen LogP contribution is -2.39. The third-order valence-electron chi connectivity index (χ3n) is 3.68. The maximum absolute atomic E-state index is 12.4. The van der Waals surface area contributed by atoms with Gasteiger partial charge in [0.05, 0.1) is 10.0 Å². The number of nitrogen functional groups attached to an aromatic ring is 1. The smallest absolute Gasteiger partial charge is 0.243 e. The second-order valence-electron chi connectivity index (χ2n) is 5.56. The van der Waals surface area contributed by atoms with Crippen molar-refractivity contribution in [2.75, 3.05) is 25.5 Å². The lowest BCUT2D eigenvalue weighted by atomic mass is 9.83. The topological polar surface area (TPSA) is 81.4 Å². The summed E-state index contributed by atoms with van der Waals surface area (Å²) < 4.78 is 32.7. The molecule has 1 aliphatic rings. The van der Waals surface area contributed by atoms with Crippen molar-refractivity contribution in [2.24, 2.45) is 5.41 Å². The van der Waals surface area contributed by atoms with E-state index in [0.717, 1.165) is 12.8 Å². The summed E-state index contributed by atoms with van der Waals surface area (Å²) in [6, 6.07) is 2.75. The molecule has 5 nitrogen and oxygen atoms in total. The van der Waals surface area contributed by atoms with E-state index in [-0.39, 0.29) is 20.4 Å². The molecule has 118 valence electrons. The van der Waals surface area contributed by atoms with Gasteiger partial charge in [0.15, 0.2) is 0 Å². The third-order valence-corrected chi connectivity index (χ3v) is 6.00. The molecule has 1 aliphatic heterocycles. The molecule has 3 N–H and O–H groups in total. The first-order chi connectivity index (χ1) is 9.73. The number of anilines is 1. The summed E-state index contributed by atoms with van der Waals surface area (Å²) in [6.45, 7) is 3.63. The number of sulfonamides is 1. The van der Waals surface area contributed by atoms with E-state index in [1.165, 1.54) is 12.1 Å². The number of halogens is 2. The van der Waals surface area contributed by atoms with Gasteiger partial charge in [0, 0.05) is 25.4 Å². The SMILES string of the molecule is CC1(CNS(=O)(=O)c2c(Cl)cc(N)cc2Cl)CCOCC1. The predicted octanol–water partition coefficient (Wildman–Crippen LogP) is 2.67. The molecule has 0 atom stereocenters. The molecule has 1 saturated heterocycles. The summed E-state index contributed by atoms with van der Waals surface area (Å²) in [5, 5.41) is 0.0364. The molecule has 1 fully saturated rings. The normalized spacial score (nSPS) is 18.6. The monoisotopic (exact) mass is 352 g/mol. The Hall–Kier alpha value is -0.530. The summed E-state index contributed by atoms with van der Waals surface area (Å²) in [6.07, 6.45) is 1.61. The number of benzene rings is 1. The molecule has 0 radical (unpaired) electrons. The van der Waals surface area contributed by atoms with E-state index in [1.54, 1.807) is 0 Å². The van der Waals surface area contributed by atoms with Crippen LogP contribution in [0.2, 0.25) is 10.0 Å². The van der Waals surface area contributed by atoms with Crippen LogP contribution in [0.4, 0.5) is 5.69 Å². The quantitative estimate of drug-likeness (QED) is 0.816. The van der Waals surface area contributed by atoms with E-state index >= 15 is 0 Å². The molecule has 21 heavy (non-hydrogen) atoms. The van der Waals surface area contributed by atoms with Gasteiger partial charge in [-0.3, -0.25) is 0 Å². The highest BCUT2D eigenvalue weighted by Gasteiger charge is 2.30. The minimum absolute atomic E-state index is 0.0182. The van der Waals surface area contributed by atoms with Gasteiger partial charge in [-0.1, -0.05) is 30.1 Å². The van der Waals surface area contributed by atoms with Crippen molar-refractivity contribution in [3.63, 3.8) is 0 Å². The molecular formula is C13H18Cl2N2O3S. The first kappa shape index (κ1) is 16.8. The minimum Gasteiger partial charge on any atom is -0.399 e. The van der Waals surface area contributed by atoms with Gasteiger partial charge in [-0.2, -0.15) is 0 Å². The van der Waals surface area contributed by atoms with Crippen LogP contribution in [0.15, 0.2) is 17.0 Å². The number of nitrogens with two attached hydrogens (primary N) is 1. The van der Waals surface area contributed by atoms with Crippen LogP contribution in [0.25, 0.3) is 0 Å². The van der Waals surface area contributed by atoms with Crippen molar-refractivity contribution in [3.8, 4) is 0 Å². The maximum atomic E-state index is 12.4. The van der Waals surface area contributed by atoms with Crippen LogP contribution in [-0.4, -0.2) is 28.2 Å². The Bertz CT molecular complexity index is 605. The average Bonchev–Trinajstić information content (AvgIpc) is 2.36. The van der Waals surface area contributed by atoms with Crippen LogP contribution in [0, 0.1) is 5.41 Å². The van der Waals surface area contributed by atoms with Crippen LogP contribution >= 0.6 is 23.2 Å². The minimum atomic E-state index is -3.79. The Balaban J connectivity index is 2.19. The Morgan fingerprint density at radius 3 is 2.33 bits per heavy atom. The first-order valence-corrected chi connectivity index (χ1v) is 8.79. The van der Waals surface area contributed by atoms with Gasteiger partial charge in [0.25, 0.3) is 0 Å². The van der Waals surface area contributed by atoms with E-state index in [4.69, 9.17) is 33.7 Å². The van der Waals surface area contributed by atoms with Gasteiger partial charge in [-0.05, 0) is 30.4 Å². The summed E-state index contributed by atoms with van der Waals surface area (Å²) in [5.41, 5.74) is 5.78. The Kier molecular flexibility index (Phi) is 5.05. The Morgan fingerprint density at radius 2 is 1.81 bits per heavy atom. The van der Waals surface area contributed by atoms with E-state index in [9.17, 15) is 8.42 Å². The zero-order chi connectivity index (χ0) is 15.7. The number of ether oxygens (including phenoxy) is 1. The van der Waals surface area contributed by atoms with Crippen molar-refractivity contribution in [1.82, 2.24) is 4.72 Å². The fourth-order valence-electron chi connectivity index (χ4n) is 2.22. The molecule has 0 spiro atoms. The highest BCUT2D eigenvalue weighted by molar-refractivity contribution is 7.89. The molecule has 1 aromatic carbocycles. The summed E-state index contributed by atoms with van der Waals surface area (Å²) in [4.78, 5) is -0.129. The lowest BCUT2D eigenvalue weighted by Gasteiger charge is -2.33. The molecule has 0 bridgehead atoms. The van der Waals surface area contributed by atoms with E-state index in [1.807, 2.05) is 6.92 Å². The third kappa shape index (κ3) is 4.02. The van der Waals surface area contributed by atoms with Gasteiger partial charge >= 0.3 is 0 Å². The van der Waals surface area contributed by atoms with Gasteiger partial charge in [0.1, 0.15) is 4.90 Å². The van der Waals surface area contributed by atoms with Gasteiger partial charge in [-0.25, -0.2) is 13.1 Å². The standard InChI is InChI=1S/C13H18Cl2N2O3S/c1-13(2-4-20-5-3-13)8-17-21(18,19)12-10(14)6-9(16)7-11(12)15/h6-7,17H,2-5,8,16H2,1H3. The van der Waals surface area contributed by atoms with E-state index in [0.29, 0.717) is 25.4 Å². The zero-order valence-electron chi connectivity index (χ0n) is 11.7. The summed E-state index contributed by atoms with van der Waals surface area (Å²) >= 11 is 11.9. The lowest BCUT2D eigenvalue weighted by molar-refractivity contribution is 0.0265. The fourth-order valence-corrected chi connectivity index (χ4v) is 4.65. The van der Waals surface area contributed by atoms with Crippen LogP contribution in [0.1, 0.15) is 19.8 Å². The van der Waals surface area contributed by atoms with Crippen molar-refractivity contribution < 1.29 is 13.2 Å². The molecule has 0 unspecified atom stereocenters. The molecular weight excluding hydrogens is 335 g/mol. The van der Waals surface area contributed by atoms with Gasteiger partial charge in [-0.15, -0.1) is 0 Å². The second-order valence-corrected chi connectivity index (χ2v) is 8.08. The highest BCUT2D eigenvalue weighted by atomic mass is 35.5. The second kappa shape index (κ2) is 6.30. The van der Waals surface area contributed by atoms with E-state index in [2.05, 4.69) is 4.72 Å². The molecule has 0 amide bonds. The van der Waals surface area contributed by atoms with Crippen molar-refractivity contribution in [2.45, 2.75) is 24.7 Å². The zero-order valence-corrected chi connectivity index (χ0v) is 14.0. The summed E-state index contributed by atoms with van der Waals surface area (Å²) in [5.74, 6) is 0. The van der Waals surface area contributed by atoms with Crippen LogP contribution in [-0.2, 0) is 14.8 Å². The Labute approximate surface area is 134 Å². The fraction of sp³-hybridized carbons (Fsp3) is 0.538. The van der Waals surface area contributed by atoms with Gasteiger partial charge < -0.3 is 10.5 Å². The summed E-state index contributed by atoms with van der Waals surface area (Å²) in [7, 11) is -3.79. The molecule has 0 aliphatic carbocycles. The number of nitrogens with one attached hydrogen (secondary N) is 1.